The van der Waals surface area contributed by atoms with Gasteiger partial charge in [0.05, 0.1) is 0 Å². The average molecular weight is 123 g/mol. The second-order valence-corrected chi connectivity index (χ2v) is 1.67. The molecule has 0 amide bonds. The van der Waals surface area contributed by atoms with Gasteiger partial charge in [0.15, 0.2) is 0 Å². The van der Waals surface area contributed by atoms with Gasteiger partial charge in [-0.15, -0.1) is 0 Å². The minimum Gasteiger partial charge on any atom is -0.391 e. The first kappa shape index (κ1) is 8.02. The zero-order valence-electron chi connectivity index (χ0n) is 5.85. The van der Waals surface area contributed by atoms with Crippen molar-refractivity contribution in [3.8, 4) is 0 Å². The molecule has 0 saturated carbocycles. The highest BCUT2D eigenvalue weighted by Crippen LogP contribution is 1.89. The predicted molar refractivity (Wildman–Crippen MR) is 42.2 cm³/mol. The molecule has 0 radical (unpaired) electrons. The van der Waals surface area contributed by atoms with Crippen molar-refractivity contribution in [2.24, 2.45) is 0 Å². The van der Waals surface area contributed by atoms with Crippen LogP contribution < -0.4 is 5.32 Å². The lowest BCUT2D eigenvalue weighted by atomic mass is 10.3. The fourth-order valence-corrected chi connectivity index (χ4v) is 0.352. The van der Waals surface area contributed by atoms with Crippen molar-refractivity contribution in [1.29, 1.82) is 0 Å². The Balaban J connectivity index is 3.44. The van der Waals surface area contributed by atoms with Crippen molar-refractivity contribution in [3.63, 3.8) is 0 Å². The maximum absolute atomic E-state index is 3.70. The van der Waals surface area contributed by atoms with Gasteiger partial charge in [0.1, 0.15) is 0 Å². The van der Waals surface area contributed by atoms with Crippen LogP contribution in [0.4, 0.5) is 0 Å². The van der Waals surface area contributed by atoms with Gasteiger partial charge < -0.3 is 5.32 Å². The number of hydrogen-bond acceptors (Lipinski definition) is 1. The molecule has 1 heteroatoms. The molecule has 0 saturated heterocycles. The summed E-state index contributed by atoms with van der Waals surface area (Å²) in [6, 6.07) is 0. The van der Waals surface area contributed by atoms with Crippen LogP contribution in [0.2, 0.25) is 0 Å². The Morgan fingerprint density at radius 3 is 2.78 bits per heavy atom. The third kappa shape index (κ3) is 4.88. The van der Waals surface area contributed by atoms with Crippen LogP contribution in [0.15, 0.2) is 37.1 Å². The zero-order valence-corrected chi connectivity index (χ0v) is 5.85. The van der Waals surface area contributed by atoms with E-state index in [0.29, 0.717) is 0 Å². The maximum atomic E-state index is 3.70. The summed E-state index contributed by atoms with van der Waals surface area (Å²) in [4.78, 5) is 0. The highest BCUT2D eigenvalue weighted by molar-refractivity contribution is 5.24. The lowest BCUT2D eigenvalue weighted by Gasteiger charge is -1.90. The highest BCUT2D eigenvalue weighted by atomic mass is 14.8. The molecule has 1 N–H and O–H groups in total. The van der Waals surface area contributed by atoms with Gasteiger partial charge in [-0.05, 0) is 24.8 Å². The summed E-state index contributed by atoms with van der Waals surface area (Å²) < 4.78 is 0. The van der Waals surface area contributed by atoms with Gasteiger partial charge in [-0.1, -0.05) is 19.2 Å². The van der Waals surface area contributed by atoms with Crippen LogP contribution in [-0.2, 0) is 0 Å². The first-order valence-corrected chi connectivity index (χ1v) is 3.02. The van der Waals surface area contributed by atoms with E-state index in [-0.39, 0.29) is 0 Å². The minimum atomic E-state index is 0.927. The Bertz CT molecular complexity index is 123. The maximum Gasteiger partial charge on any atom is 0.0113 e. The summed E-state index contributed by atoms with van der Waals surface area (Å²) in [5.41, 5.74) is 0.927. The van der Waals surface area contributed by atoms with Crippen LogP contribution in [0, 0.1) is 0 Å². The van der Waals surface area contributed by atoms with E-state index >= 15 is 0 Å². The van der Waals surface area contributed by atoms with Crippen molar-refractivity contribution in [2.75, 3.05) is 6.54 Å². The molecule has 0 aliphatic carbocycles. The smallest absolute Gasteiger partial charge is 0.0113 e. The molecule has 0 bridgehead atoms. The van der Waals surface area contributed by atoms with E-state index in [0.717, 1.165) is 12.1 Å². The second-order valence-electron chi connectivity index (χ2n) is 1.67. The van der Waals surface area contributed by atoms with Crippen molar-refractivity contribution in [1.82, 2.24) is 5.32 Å². The molecule has 50 valence electrons. The van der Waals surface area contributed by atoms with E-state index < -0.39 is 0 Å². The van der Waals surface area contributed by atoms with E-state index in [9.17, 15) is 0 Å². The zero-order chi connectivity index (χ0) is 7.11. The van der Waals surface area contributed by atoms with Gasteiger partial charge in [-0.2, -0.15) is 0 Å². The fourth-order valence-electron chi connectivity index (χ4n) is 0.352. The predicted octanol–water partition coefficient (Wildman–Crippen LogP) is 1.85. The Labute approximate surface area is 56.8 Å². The molecule has 0 spiro atoms. The normalized spacial score (nSPS) is 9.44. The Hall–Kier alpha value is -0.980. The van der Waals surface area contributed by atoms with Crippen molar-refractivity contribution >= 4 is 0 Å². The van der Waals surface area contributed by atoms with Crippen molar-refractivity contribution < 1.29 is 0 Å². The summed E-state index contributed by atoms with van der Waals surface area (Å²) in [5.74, 6) is 0. The van der Waals surface area contributed by atoms with E-state index in [1.807, 2.05) is 19.2 Å². The summed E-state index contributed by atoms with van der Waals surface area (Å²) >= 11 is 0. The molecule has 0 unspecified atom stereocenters. The number of rotatable bonds is 4. The molecular weight excluding hydrogens is 110 g/mol. The topological polar surface area (TPSA) is 12.0 Å². The molecule has 0 heterocycles. The molecule has 0 aromatic carbocycles. The quantitative estimate of drug-likeness (QED) is 0.562. The Morgan fingerprint density at radius 2 is 2.33 bits per heavy atom. The molecule has 0 aromatic heterocycles. The van der Waals surface area contributed by atoms with Crippen molar-refractivity contribution in [3.05, 3.63) is 37.1 Å². The third-order valence-electron chi connectivity index (χ3n) is 0.882. The van der Waals surface area contributed by atoms with Crippen LogP contribution >= 0.6 is 0 Å². The van der Waals surface area contributed by atoms with Gasteiger partial charge in [-0.3, -0.25) is 0 Å². The van der Waals surface area contributed by atoms with Gasteiger partial charge in [0.25, 0.3) is 0 Å². The van der Waals surface area contributed by atoms with Crippen LogP contribution in [0.1, 0.15) is 6.92 Å². The SMILES string of the molecule is C=CC(=C)/C=C\NCC. The molecule has 1 nitrogen and oxygen atoms in total. The highest BCUT2D eigenvalue weighted by Gasteiger charge is 1.73. The van der Waals surface area contributed by atoms with Gasteiger partial charge in [0, 0.05) is 6.54 Å². The van der Waals surface area contributed by atoms with E-state index in [4.69, 9.17) is 0 Å². The monoisotopic (exact) mass is 123 g/mol. The number of allylic oxidation sites excluding steroid dienone is 3. The molecule has 0 rings (SSSR count). The molecular formula is C8H13N. The third-order valence-corrected chi connectivity index (χ3v) is 0.882. The first-order valence-electron chi connectivity index (χ1n) is 3.02. The second kappa shape index (κ2) is 5.16. The van der Waals surface area contributed by atoms with Crippen LogP contribution in [-0.4, -0.2) is 6.54 Å². The van der Waals surface area contributed by atoms with Gasteiger partial charge >= 0.3 is 0 Å². The summed E-state index contributed by atoms with van der Waals surface area (Å²) in [5, 5.41) is 3.02. The summed E-state index contributed by atoms with van der Waals surface area (Å²) in [6.07, 6.45) is 5.47. The molecule has 9 heavy (non-hydrogen) atoms. The van der Waals surface area contributed by atoms with E-state index in [1.54, 1.807) is 6.08 Å². The van der Waals surface area contributed by atoms with Crippen LogP contribution in [0.25, 0.3) is 0 Å². The standard InChI is InChI=1S/C8H13N/c1-4-8(3)6-7-9-5-2/h4,6-7,9H,1,3,5H2,2H3/b7-6-. The largest absolute Gasteiger partial charge is 0.391 e. The molecule has 0 atom stereocenters. The minimum absolute atomic E-state index is 0.927. The Kier molecular flexibility index (Phi) is 4.60. The number of nitrogens with one attached hydrogen (secondary N) is 1. The molecule has 0 aromatic rings. The fraction of sp³-hybridized carbons (Fsp3) is 0.250. The van der Waals surface area contributed by atoms with Gasteiger partial charge in [-0.25, -0.2) is 0 Å². The number of hydrogen-bond donors (Lipinski definition) is 1. The molecule has 0 aliphatic heterocycles. The Morgan fingerprint density at radius 1 is 1.67 bits per heavy atom. The van der Waals surface area contributed by atoms with Crippen molar-refractivity contribution in [2.45, 2.75) is 6.92 Å². The average Bonchev–Trinajstić information content (AvgIpc) is 1.89. The lowest BCUT2D eigenvalue weighted by Crippen LogP contribution is -2.01. The van der Waals surface area contributed by atoms with Gasteiger partial charge in [0.2, 0.25) is 0 Å². The summed E-state index contributed by atoms with van der Waals surface area (Å²) in [6.45, 7) is 10.2. The molecule has 0 fully saturated rings. The molecule has 0 aliphatic rings. The van der Waals surface area contributed by atoms with E-state index in [2.05, 4.69) is 18.5 Å². The lowest BCUT2D eigenvalue weighted by molar-refractivity contribution is 0.919. The first-order chi connectivity index (χ1) is 4.31. The van der Waals surface area contributed by atoms with E-state index in [1.165, 1.54) is 0 Å². The van der Waals surface area contributed by atoms with Crippen LogP contribution in [0.5, 0.6) is 0 Å². The van der Waals surface area contributed by atoms with Crippen LogP contribution in [0.3, 0.4) is 0 Å². The summed E-state index contributed by atoms with van der Waals surface area (Å²) in [7, 11) is 0.